The molecular formula is C17H21ClO3S. The van der Waals surface area contributed by atoms with Crippen LogP contribution in [0.25, 0.3) is 0 Å². The number of carboxylic acid groups (broad SMARTS) is 1. The minimum atomic E-state index is -1.01. The molecule has 5 heteroatoms. The molecule has 3 nitrogen and oxygen atoms in total. The van der Waals surface area contributed by atoms with Crippen molar-refractivity contribution in [3.05, 3.63) is 34.3 Å². The van der Waals surface area contributed by atoms with E-state index >= 15 is 0 Å². The molecule has 0 amide bonds. The summed E-state index contributed by atoms with van der Waals surface area (Å²) in [5, 5.41) is 8.98. The monoisotopic (exact) mass is 340 g/mol. The molecule has 1 fully saturated rings. The number of benzene rings is 1. The minimum absolute atomic E-state index is 0.125. The van der Waals surface area contributed by atoms with Crippen molar-refractivity contribution in [2.45, 2.75) is 56.6 Å². The van der Waals surface area contributed by atoms with E-state index in [9.17, 15) is 14.7 Å². The Balaban J connectivity index is 2.22. The molecule has 1 unspecified atom stereocenters. The summed E-state index contributed by atoms with van der Waals surface area (Å²) < 4.78 is 0. The van der Waals surface area contributed by atoms with E-state index in [4.69, 9.17) is 11.6 Å². The molecule has 0 aromatic heterocycles. The number of aliphatic carboxylic acids is 1. The van der Waals surface area contributed by atoms with Crippen LogP contribution in [0.1, 0.15) is 67.7 Å². The van der Waals surface area contributed by atoms with Crippen molar-refractivity contribution < 1.29 is 14.7 Å². The largest absolute Gasteiger partial charge is 0.480 e. The summed E-state index contributed by atoms with van der Waals surface area (Å²) in [5.41, 5.74) is 1.70. The number of thioether (sulfide) groups is 1. The fraction of sp³-hybridized carbons (Fsp3) is 0.529. The van der Waals surface area contributed by atoms with Gasteiger partial charge in [-0.1, -0.05) is 61.7 Å². The number of carbonyl (C=O) groups excluding carboxylic acids is 1. The van der Waals surface area contributed by atoms with Crippen molar-refractivity contribution in [3.8, 4) is 0 Å². The lowest BCUT2D eigenvalue weighted by molar-refractivity contribution is -0.136. The molecule has 0 heterocycles. The highest BCUT2D eigenvalue weighted by Crippen LogP contribution is 2.39. The second-order valence-corrected chi connectivity index (χ2v) is 7.25. The Hall–Kier alpha value is -1.00. The highest BCUT2D eigenvalue weighted by atomic mass is 35.5. The van der Waals surface area contributed by atoms with E-state index in [2.05, 4.69) is 0 Å². The SMILES string of the molecule is CCC(=O)SC(C(=O)O)c1ccc(C2CCCCC2)c(Cl)c1. The van der Waals surface area contributed by atoms with E-state index in [1.807, 2.05) is 12.1 Å². The molecule has 0 radical (unpaired) electrons. The highest BCUT2D eigenvalue weighted by Gasteiger charge is 2.25. The first-order valence-electron chi connectivity index (χ1n) is 7.74. The normalized spacial score (nSPS) is 17.2. The van der Waals surface area contributed by atoms with Gasteiger partial charge in [-0.2, -0.15) is 0 Å². The number of hydrogen-bond acceptors (Lipinski definition) is 3. The maximum Gasteiger partial charge on any atom is 0.321 e. The second-order valence-electron chi connectivity index (χ2n) is 5.68. The van der Waals surface area contributed by atoms with Gasteiger partial charge in [-0.05, 0) is 36.0 Å². The average molecular weight is 341 g/mol. The predicted octanol–water partition coefficient (Wildman–Crippen LogP) is 5.18. The first-order valence-corrected chi connectivity index (χ1v) is 9.00. The van der Waals surface area contributed by atoms with E-state index in [0.717, 1.165) is 30.2 Å². The molecule has 1 aliphatic carbocycles. The zero-order valence-corrected chi connectivity index (χ0v) is 14.3. The summed E-state index contributed by atoms with van der Waals surface area (Å²) in [5.74, 6) is -0.531. The third kappa shape index (κ3) is 4.26. The molecule has 22 heavy (non-hydrogen) atoms. The van der Waals surface area contributed by atoms with Gasteiger partial charge in [-0.25, -0.2) is 0 Å². The Morgan fingerprint density at radius 1 is 1.32 bits per heavy atom. The molecule has 1 aromatic rings. The van der Waals surface area contributed by atoms with Gasteiger partial charge in [0.15, 0.2) is 5.12 Å². The Kier molecular flexibility index (Phi) is 6.33. The number of rotatable bonds is 5. The molecule has 1 aliphatic rings. The van der Waals surface area contributed by atoms with Crippen LogP contribution in [0.15, 0.2) is 18.2 Å². The predicted molar refractivity (Wildman–Crippen MR) is 90.5 cm³/mol. The molecule has 1 aromatic carbocycles. The molecule has 0 bridgehead atoms. The van der Waals surface area contributed by atoms with Crippen LogP contribution in [0.3, 0.4) is 0 Å². The van der Waals surface area contributed by atoms with Crippen molar-refractivity contribution >= 4 is 34.4 Å². The zero-order chi connectivity index (χ0) is 16.1. The number of halogens is 1. The number of carboxylic acids is 1. The van der Waals surface area contributed by atoms with Crippen LogP contribution in [0, 0.1) is 0 Å². The molecular weight excluding hydrogens is 320 g/mol. The summed E-state index contributed by atoms with van der Waals surface area (Å²) in [6, 6.07) is 5.48. The summed E-state index contributed by atoms with van der Waals surface area (Å²) in [4.78, 5) is 23.0. The molecule has 1 N–H and O–H groups in total. The van der Waals surface area contributed by atoms with Crippen LogP contribution in [0.4, 0.5) is 0 Å². The quantitative estimate of drug-likeness (QED) is 0.802. The average Bonchev–Trinajstić information content (AvgIpc) is 2.52. The van der Waals surface area contributed by atoms with Crippen molar-refractivity contribution in [1.29, 1.82) is 0 Å². The molecule has 120 valence electrons. The van der Waals surface area contributed by atoms with E-state index in [0.29, 0.717) is 22.9 Å². The van der Waals surface area contributed by atoms with E-state index in [-0.39, 0.29) is 5.12 Å². The zero-order valence-electron chi connectivity index (χ0n) is 12.7. The Morgan fingerprint density at radius 2 is 2.00 bits per heavy atom. The summed E-state index contributed by atoms with van der Waals surface area (Å²) in [6.45, 7) is 1.73. The van der Waals surface area contributed by atoms with Gasteiger partial charge in [-0.3, -0.25) is 9.59 Å². The van der Waals surface area contributed by atoms with E-state index in [1.54, 1.807) is 13.0 Å². The first-order chi connectivity index (χ1) is 10.5. The Labute approximate surface area is 140 Å². The maximum absolute atomic E-state index is 11.6. The van der Waals surface area contributed by atoms with Gasteiger partial charge in [0.25, 0.3) is 0 Å². The van der Waals surface area contributed by atoms with Gasteiger partial charge in [0.05, 0.1) is 0 Å². The van der Waals surface area contributed by atoms with E-state index < -0.39 is 11.2 Å². The van der Waals surface area contributed by atoms with Gasteiger partial charge >= 0.3 is 5.97 Å². The van der Waals surface area contributed by atoms with Crippen molar-refractivity contribution in [1.82, 2.24) is 0 Å². The van der Waals surface area contributed by atoms with E-state index in [1.165, 1.54) is 19.3 Å². The van der Waals surface area contributed by atoms with Crippen LogP contribution in [-0.2, 0) is 9.59 Å². The van der Waals surface area contributed by atoms with Crippen LogP contribution in [0.2, 0.25) is 5.02 Å². The third-order valence-electron chi connectivity index (χ3n) is 4.13. The van der Waals surface area contributed by atoms with Crippen LogP contribution in [-0.4, -0.2) is 16.2 Å². The maximum atomic E-state index is 11.6. The van der Waals surface area contributed by atoms with Gasteiger partial charge in [0.2, 0.25) is 0 Å². The molecule has 0 aliphatic heterocycles. The lowest BCUT2D eigenvalue weighted by Gasteiger charge is -2.23. The van der Waals surface area contributed by atoms with Gasteiger partial charge in [0, 0.05) is 11.4 Å². The minimum Gasteiger partial charge on any atom is -0.480 e. The van der Waals surface area contributed by atoms with Crippen molar-refractivity contribution in [2.75, 3.05) is 0 Å². The van der Waals surface area contributed by atoms with Crippen LogP contribution in [0.5, 0.6) is 0 Å². The van der Waals surface area contributed by atoms with Crippen molar-refractivity contribution in [3.63, 3.8) is 0 Å². The molecule has 0 saturated heterocycles. The molecule has 2 rings (SSSR count). The molecule has 0 spiro atoms. The topological polar surface area (TPSA) is 54.4 Å². The lowest BCUT2D eigenvalue weighted by Crippen LogP contribution is -2.11. The highest BCUT2D eigenvalue weighted by molar-refractivity contribution is 8.14. The smallest absolute Gasteiger partial charge is 0.321 e. The van der Waals surface area contributed by atoms with Gasteiger partial charge in [0.1, 0.15) is 5.25 Å². The molecule has 1 saturated carbocycles. The second kappa shape index (κ2) is 8.02. The van der Waals surface area contributed by atoms with Crippen LogP contribution < -0.4 is 0 Å². The summed E-state index contributed by atoms with van der Waals surface area (Å²) in [7, 11) is 0. The fourth-order valence-electron chi connectivity index (χ4n) is 2.93. The fourth-order valence-corrected chi connectivity index (χ4v) is 4.08. The summed E-state index contributed by atoms with van der Waals surface area (Å²) in [6.07, 6.45) is 6.34. The van der Waals surface area contributed by atoms with Gasteiger partial charge in [-0.15, -0.1) is 0 Å². The first kappa shape index (κ1) is 17.4. The van der Waals surface area contributed by atoms with Crippen LogP contribution >= 0.6 is 23.4 Å². The number of carbonyl (C=O) groups is 2. The summed E-state index contributed by atoms with van der Waals surface area (Å²) >= 11 is 7.25. The van der Waals surface area contributed by atoms with Crippen molar-refractivity contribution in [2.24, 2.45) is 0 Å². The Bertz CT molecular complexity index is 553. The molecule has 1 atom stereocenters. The van der Waals surface area contributed by atoms with Gasteiger partial charge < -0.3 is 5.11 Å². The lowest BCUT2D eigenvalue weighted by atomic mass is 9.84. The third-order valence-corrected chi connectivity index (χ3v) is 5.72. The Morgan fingerprint density at radius 3 is 2.55 bits per heavy atom. The standard InChI is InChI=1S/C17H21ClO3S/c1-2-15(19)22-16(17(20)21)12-8-9-13(14(18)10-12)11-6-4-3-5-7-11/h8-11,16H,2-7H2,1H3,(H,20,21). The number of hydrogen-bond donors (Lipinski definition) is 1.